The van der Waals surface area contributed by atoms with Crippen LogP contribution < -0.4 is 14.8 Å². The van der Waals surface area contributed by atoms with Crippen molar-refractivity contribution in [1.29, 1.82) is 0 Å². The molecule has 2 heterocycles. The lowest BCUT2D eigenvalue weighted by Crippen LogP contribution is -2.27. The topological polar surface area (TPSA) is 39.7 Å². The summed E-state index contributed by atoms with van der Waals surface area (Å²) in [4.78, 5) is 0. The van der Waals surface area contributed by atoms with Gasteiger partial charge in [0.25, 0.3) is 0 Å². The highest BCUT2D eigenvalue weighted by Gasteiger charge is 2.46. The molecule has 0 aliphatic carbocycles. The summed E-state index contributed by atoms with van der Waals surface area (Å²) in [5.74, 6) is 1.72. The molecule has 2 unspecified atom stereocenters. The molecule has 0 saturated heterocycles. The van der Waals surface area contributed by atoms with Crippen LogP contribution in [0.1, 0.15) is 55.2 Å². The number of anilines is 1. The van der Waals surface area contributed by atoms with E-state index in [4.69, 9.17) is 14.2 Å². The number of methoxy groups -OCH3 is 2. The van der Waals surface area contributed by atoms with Gasteiger partial charge >= 0.3 is 0 Å². The van der Waals surface area contributed by atoms with Crippen LogP contribution in [0.25, 0.3) is 10.8 Å². The maximum atomic E-state index is 6.47. The van der Waals surface area contributed by atoms with E-state index in [1.807, 2.05) is 6.07 Å². The summed E-state index contributed by atoms with van der Waals surface area (Å²) >= 11 is 0. The van der Waals surface area contributed by atoms with E-state index in [0.717, 1.165) is 33.5 Å². The third kappa shape index (κ3) is 2.34. The molecule has 0 fully saturated rings. The molecular formula is C24H25NO3. The minimum atomic E-state index is -0.106. The van der Waals surface area contributed by atoms with Gasteiger partial charge in [-0.25, -0.2) is 0 Å². The van der Waals surface area contributed by atoms with E-state index in [9.17, 15) is 0 Å². The first kappa shape index (κ1) is 17.4. The quantitative estimate of drug-likeness (QED) is 0.648. The zero-order chi connectivity index (χ0) is 19.6. The highest BCUT2D eigenvalue weighted by atomic mass is 16.5. The van der Waals surface area contributed by atoms with E-state index < -0.39 is 0 Å². The van der Waals surface area contributed by atoms with Crippen molar-refractivity contribution >= 4 is 16.5 Å². The van der Waals surface area contributed by atoms with Crippen LogP contribution in [0.2, 0.25) is 0 Å². The second-order valence-electron chi connectivity index (χ2n) is 8.55. The molecule has 144 valence electrons. The Morgan fingerprint density at radius 2 is 1.54 bits per heavy atom. The van der Waals surface area contributed by atoms with Gasteiger partial charge in [0.05, 0.1) is 19.9 Å². The van der Waals surface area contributed by atoms with Crippen LogP contribution in [-0.2, 0) is 4.74 Å². The monoisotopic (exact) mass is 375 g/mol. The summed E-state index contributed by atoms with van der Waals surface area (Å²) in [6.45, 7) is 6.48. The van der Waals surface area contributed by atoms with E-state index in [0.29, 0.717) is 0 Å². The van der Waals surface area contributed by atoms with Gasteiger partial charge in [-0.3, -0.25) is 0 Å². The van der Waals surface area contributed by atoms with Crippen molar-refractivity contribution in [2.75, 3.05) is 19.5 Å². The van der Waals surface area contributed by atoms with Crippen LogP contribution in [0.15, 0.2) is 42.5 Å². The van der Waals surface area contributed by atoms with Crippen molar-refractivity contribution in [2.24, 2.45) is 0 Å². The summed E-state index contributed by atoms with van der Waals surface area (Å²) < 4.78 is 18.0. The molecule has 0 saturated carbocycles. The predicted molar refractivity (Wildman–Crippen MR) is 112 cm³/mol. The lowest BCUT2D eigenvalue weighted by Gasteiger charge is -2.29. The van der Waals surface area contributed by atoms with Gasteiger partial charge in [-0.15, -0.1) is 0 Å². The van der Waals surface area contributed by atoms with E-state index in [1.54, 1.807) is 14.2 Å². The van der Waals surface area contributed by atoms with Gasteiger partial charge < -0.3 is 19.5 Å². The Morgan fingerprint density at radius 1 is 0.857 bits per heavy atom. The molecule has 4 nitrogen and oxygen atoms in total. The van der Waals surface area contributed by atoms with Crippen molar-refractivity contribution in [3.63, 3.8) is 0 Å². The van der Waals surface area contributed by atoms with Crippen LogP contribution in [0.4, 0.5) is 5.69 Å². The molecule has 0 spiro atoms. The number of hydrogen-bond acceptors (Lipinski definition) is 4. The normalized spacial score (nSPS) is 19.5. The average Bonchev–Trinajstić information content (AvgIpc) is 3.24. The maximum absolute atomic E-state index is 6.47. The van der Waals surface area contributed by atoms with E-state index in [1.165, 1.54) is 16.7 Å². The van der Waals surface area contributed by atoms with Gasteiger partial charge in [0.1, 0.15) is 23.7 Å². The molecule has 2 bridgehead atoms. The fourth-order valence-electron chi connectivity index (χ4n) is 4.59. The van der Waals surface area contributed by atoms with Crippen molar-refractivity contribution in [2.45, 2.75) is 38.5 Å². The lowest BCUT2D eigenvalue weighted by atomic mass is 9.82. The highest BCUT2D eigenvalue weighted by Crippen LogP contribution is 2.61. The molecule has 0 radical (unpaired) electrons. The Balaban J connectivity index is 1.87. The molecule has 28 heavy (non-hydrogen) atoms. The average molecular weight is 375 g/mol. The summed E-state index contributed by atoms with van der Waals surface area (Å²) in [7, 11) is 3.45. The molecule has 3 aromatic rings. The lowest BCUT2D eigenvalue weighted by molar-refractivity contribution is 0.0853. The first-order valence-electron chi connectivity index (χ1n) is 9.67. The molecule has 5 rings (SSSR count). The van der Waals surface area contributed by atoms with Gasteiger partial charge in [-0.2, -0.15) is 0 Å². The Labute approximate surface area is 165 Å². The molecule has 2 atom stereocenters. The molecule has 2 aliphatic rings. The van der Waals surface area contributed by atoms with Gasteiger partial charge in [0.2, 0.25) is 0 Å². The van der Waals surface area contributed by atoms with Gasteiger partial charge in [0, 0.05) is 22.1 Å². The Morgan fingerprint density at radius 3 is 2.14 bits per heavy atom. The Hall–Kier alpha value is -2.72. The van der Waals surface area contributed by atoms with Crippen LogP contribution in [0.5, 0.6) is 11.5 Å². The van der Waals surface area contributed by atoms with Crippen LogP contribution in [0, 0.1) is 0 Å². The summed E-state index contributed by atoms with van der Waals surface area (Å²) in [5.41, 5.74) is 5.74. The van der Waals surface area contributed by atoms with E-state index >= 15 is 0 Å². The number of rotatable bonds is 3. The zero-order valence-corrected chi connectivity index (χ0v) is 16.9. The first-order valence-corrected chi connectivity index (χ1v) is 9.67. The Bertz CT molecular complexity index is 1100. The van der Waals surface area contributed by atoms with Crippen molar-refractivity contribution in [3.05, 3.63) is 64.7 Å². The van der Waals surface area contributed by atoms with E-state index in [2.05, 4.69) is 62.5 Å². The summed E-state index contributed by atoms with van der Waals surface area (Å²) in [5, 5.41) is 5.95. The molecule has 2 aliphatic heterocycles. The Kier molecular flexibility index (Phi) is 3.65. The number of ether oxygens (including phenoxy) is 3. The van der Waals surface area contributed by atoms with Crippen LogP contribution >= 0.6 is 0 Å². The third-order valence-corrected chi connectivity index (χ3v) is 5.61. The fraction of sp³-hybridized carbons (Fsp3) is 0.333. The van der Waals surface area contributed by atoms with Crippen LogP contribution in [-0.4, -0.2) is 19.8 Å². The molecule has 1 N–H and O–H groups in total. The first-order chi connectivity index (χ1) is 13.4. The summed E-state index contributed by atoms with van der Waals surface area (Å²) in [6, 6.07) is 14.7. The van der Waals surface area contributed by atoms with Crippen molar-refractivity contribution in [3.8, 4) is 11.5 Å². The van der Waals surface area contributed by atoms with Gasteiger partial charge in [-0.05, 0) is 55.5 Å². The molecule has 3 aromatic carbocycles. The highest BCUT2D eigenvalue weighted by molar-refractivity contribution is 6.03. The maximum Gasteiger partial charge on any atom is 0.149 e. The minimum absolute atomic E-state index is 0.0663. The number of fused-ring (bicyclic) bond motifs is 10. The molecule has 0 amide bonds. The summed E-state index contributed by atoms with van der Waals surface area (Å²) in [6.07, 6.45) is -0.161. The molecule has 0 aromatic heterocycles. The number of hydrogen-bond donors (Lipinski definition) is 1. The standard InChI is InChI=1S/C24H25NO3/c1-24(2,3)25-20-14-11-10-13(26-4)12-17(14)18-19(23(20)27-5)22-16-9-7-6-8-15(16)21(18)28-22/h6-12,21-22,25H,1-5H3. The SMILES string of the molecule is COc1ccc2c(NC(C)(C)C)c(OC)c3c(c2c1)C1OC3c2ccccc21. The second-order valence-corrected chi connectivity index (χ2v) is 8.55. The predicted octanol–water partition coefficient (Wildman–Crippen LogP) is 5.59. The molecular weight excluding hydrogens is 350 g/mol. The zero-order valence-electron chi connectivity index (χ0n) is 16.9. The number of benzene rings is 3. The smallest absolute Gasteiger partial charge is 0.149 e. The van der Waals surface area contributed by atoms with E-state index in [-0.39, 0.29) is 17.7 Å². The third-order valence-electron chi connectivity index (χ3n) is 5.61. The fourth-order valence-corrected chi connectivity index (χ4v) is 4.59. The minimum Gasteiger partial charge on any atom is -0.497 e. The molecule has 4 heteroatoms. The van der Waals surface area contributed by atoms with Crippen molar-refractivity contribution in [1.82, 2.24) is 0 Å². The number of nitrogens with one attached hydrogen (secondary N) is 1. The van der Waals surface area contributed by atoms with Gasteiger partial charge in [-0.1, -0.05) is 24.3 Å². The second kappa shape index (κ2) is 5.89. The largest absolute Gasteiger partial charge is 0.497 e. The van der Waals surface area contributed by atoms with Gasteiger partial charge in [0.15, 0.2) is 0 Å². The van der Waals surface area contributed by atoms with Crippen LogP contribution in [0.3, 0.4) is 0 Å². The van der Waals surface area contributed by atoms with Crippen molar-refractivity contribution < 1.29 is 14.2 Å².